The van der Waals surface area contributed by atoms with Crippen molar-refractivity contribution in [1.29, 1.82) is 0 Å². The number of carbonyl (C=O) groups excluding carboxylic acids is 1. The summed E-state index contributed by atoms with van der Waals surface area (Å²) in [5.74, 6) is -0.142. The first-order chi connectivity index (χ1) is 9.97. The molecule has 5 atom stereocenters. The number of hydrogen-bond donors (Lipinski definition) is 5. The zero-order valence-electron chi connectivity index (χ0n) is 11.8. The molecule has 1 aliphatic rings. The minimum absolute atomic E-state index is 0.0861. The van der Waals surface area contributed by atoms with Crippen molar-refractivity contribution in [3.05, 3.63) is 0 Å². The fourth-order valence-electron chi connectivity index (χ4n) is 1.83. The van der Waals surface area contributed by atoms with E-state index < -0.39 is 37.3 Å². The second-order valence-electron chi connectivity index (χ2n) is 4.66. The van der Waals surface area contributed by atoms with Gasteiger partial charge in [-0.3, -0.25) is 4.79 Å². The van der Waals surface area contributed by atoms with E-state index >= 15 is 0 Å². The summed E-state index contributed by atoms with van der Waals surface area (Å²) >= 11 is 0. The molecule has 0 radical (unpaired) electrons. The Morgan fingerprint density at radius 2 is 1.86 bits per heavy atom. The summed E-state index contributed by atoms with van der Waals surface area (Å²) in [5, 5.41) is 40.4. The van der Waals surface area contributed by atoms with E-state index in [1.54, 1.807) is 0 Å². The summed E-state index contributed by atoms with van der Waals surface area (Å²) in [6.07, 6.45) is -6.42. The van der Waals surface area contributed by atoms with Crippen molar-refractivity contribution in [2.75, 3.05) is 33.0 Å². The van der Waals surface area contributed by atoms with Crippen molar-refractivity contribution in [3.63, 3.8) is 0 Å². The molecule has 1 heterocycles. The molecule has 0 aromatic heterocycles. The van der Waals surface area contributed by atoms with Gasteiger partial charge in [-0.15, -0.1) is 0 Å². The Labute approximate surface area is 122 Å². The lowest BCUT2D eigenvalue weighted by molar-refractivity contribution is -0.302. The van der Waals surface area contributed by atoms with Gasteiger partial charge < -0.3 is 40.0 Å². The van der Waals surface area contributed by atoms with Gasteiger partial charge in [0.15, 0.2) is 6.29 Å². The number of amides is 1. The molecule has 5 N–H and O–H groups in total. The Morgan fingerprint density at radius 1 is 1.14 bits per heavy atom. The van der Waals surface area contributed by atoms with Crippen molar-refractivity contribution in [2.45, 2.75) is 37.6 Å². The largest absolute Gasteiger partial charge is 0.394 e. The summed E-state index contributed by atoms with van der Waals surface area (Å²) < 4.78 is 15.5. The van der Waals surface area contributed by atoms with Crippen LogP contribution >= 0.6 is 0 Å². The highest BCUT2D eigenvalue weighted by molar-refractivity contribution is 5.72. The van der Waals surface area contributed by atoms with E-state index in [1.807, 2.05) is 0 Å². The number of rotatable bonds is 8. The van der Waals surface area contributed by atoms with E-state index in [0.717, 1.165) is 0 Å². The smallest absolute Gasteiger partial charge is 0.216 e. The second-order valence-corrected chi connectivity index (χ2v) is 4.66. The minimum atomic E-state index is -1.46. The highest BCUT2D eigenvalue weighted by atomic mass is 16.7. The Kier molecular flexibility index (Phi) is 8.04. The number of aliphatic hydroxyl groups is 4. The van der Waals surface area contributed by atoms with E-state index in [1.165, 1.54) is 6.92 Å². The van der Waals surface area contributed by atoms with Gasteiger partial charge in [-0.1, -0.05) is 0 Å². The number of nitrogens with one attached hydrogen (secondary N) is 1. The van der Waals surface area contributed by atoms with E-state index in [4.69, 9.17) is 19.3 Å². The molecule has 9 heteroatoms. The molecule has 0 aromatic rings. The lowest BCUT2D eigenvalue weighted by Gasteiger charge is -2.39. The third kappa shape index (κ3) is 5.83. The van der Waals surface area contributed by atoms with Crippen LogP contribution < -0.4 is 5.32 Å². The summed E-state index contributed by atoms with van der Waals surface area (Å²) in [6.45, 7) is 1.89. The van der Waals surface area contributed by atoms with Gasteiger partial charge in [0, 0.05) is 13.5 Å². The molecule has 0 saturated carbocycles. The zero-order valence-corrected chi connectivity index (χ0v) is 11.8. The number of carbonyl (C=O) groups is 1. The summed E-state index contributed by atoms with van der Waals surface area (Å²) in [4.78, 5) is 10.6. The lowest BCUT2D eigenvalue weighted by atomic mass is 9.99. The van der Waals surface area contributed by atoms with Crippen molar-refractivity contribution >= 4 is 5.91 Å². The summed E-state index contributed by atoms with van der Waals surface area (Å²) in [5.41, 5.74) is 0. The van der Waals surface area contributed by atoms with Gasteiger partial charge in [-0.05, 0) is 0 Å². The molecule has 0 bridgehead atoms. The molecular formula is C12H23NO8. The van der Waals surface area contributed by atoms with Crippen molar-refractivity contribution in [3.8, 4) is 0 Å². The molecule has 1 fully saturated rings. The maximum absolute atomic E-state index is 10.6. The van der Waals surface area contributed by atoms with Crippen molar-refractivity contribution in [1.82, 2.24) is 5.32 Å². The normalized spacial score (nSPS) is 32.9. The molecule has 1 rings (SSSR count). The molecule has 0 unspecified atom stereocenters. The van der Waals surface area contributed by atoms with Gasteiger partial charge >= 0.3 is 0 Å². The van der Waals surface area contributed by atoms with Gasteiger partial charge in [-0.25, -0.2) is 0 Å². The van der Waals surface area contributed by atoms with Gasteiger partial charge in [0.1, 0.15) is 24.4 Å². The fraction of sp³-hybridized carbons (Fsp3) is 0.917. The molecular weight excluding hydrogens is 286 g/mol. The Bertz CT molecular complexity index is 314. The first-order valence-corrected chi connectivity index (χ1v) is 6.71. The molecule has 9 nitrogen and oxygen atoms in total. The predicted octanol–water partition coefficient (Wildman–Crippen LogP) is -3.04. The average molecular weight is 309 g/mol. The van der Waals surface area contributed by atoms with Gasteiger partial charge in [0.25, 0.3) is 0 Å². The Morgan fingerprint density at radius 3 is 2.48 bits per heavy atom. The average Bonchev–Trinajstić information content (AvgIpc) is 2.45. The van der Waals surface area contributed by atoms with Gasteiger partial charge in [0.05, 0.1) is 26.4 Å². The molecule has 1 aliphatic heterocycles. The van der Waals surface area contributed by atoms with Crippen molar-refractivity contribution < 1.29 is 39.4 Å². The van der Waals surface area contributed by atoms with E-state index in [9.17, 15) is 20.1 Å². The topological polar surface area (TPSA) is 138 Å². The minimum Gasteiger partial charge on any atom is -0.394 e. The van der Waals surface area contributed by atoms with E-state index in [2.05, 4.69) is 5.32 Å². The number of ether oxygens (including phenoxy) is 3. The number of aliphatic hydroxyl groups excluding tert-OH is 4. The SMILES string of the molecule is CC(=O)NCCOCCO[C@H]1O[C@H](CO)[C@@H](O)[C@H](O)[C@@H]1O. The monoisotopic (exact) mass is 309 g/mol. The third-order valence-electron chi connectivity index (χ3n) is 2.98. The van der Waals surface area contributed by atoms with Crippen LogP contribution in [0.25, 0.3) is 0 Å². The van der Waals surface area contributed by atoms with Crippen LogP contribution in [0.5, 0.6) is 0 Å². The molecule has 21 heavy (non-hydrogen) atoms. The third-order valence-corrected chi connectivity index (χ3v) is 2.98. The molecule has 0 aliphatic carbocycles. The summed E-state index contributed by atoms with van der Waals surface area (Å²) in [6, 6.07) is 0. The Balaban J connectivity index is 2.20. The summed E-state index contributed by atoms with van der Waals surface area (Å²) in [7, 11) is 0. The maximum Gasteiger partial charge on any atom is 0.216 e. The highest BCUT2D eigenvalue weighted by Gasteiger charge is 2.43. The van der Waals surface area contributed by atoms with Crippen LogP contribution in [0.2, 0.25) is 0 Å². The molecule has 124 valence electrons. The first-order valence-electron chi connectivity index (χ1n) is 6.71. The first kappa shape index (κ1) is 18.2. The Hall–Kier alpha value is -0.810. The van der Waals surface area contributed by atoms with Crippen LogP contribution in [0.3, 0.4) is 0 Å². The highest BCUT2D eigenvalue weighted by Crippen LogP contribution is 2.21. The number of hydrogen-bond acceptors (Lipinski definition) is 8. The fourth-order valence-corrected chi connectivity index (χ4v) is 1.83. The molecule has 1 saturated heterocycles. The van der Waals surface area contributed by atoms with Crippen molar-refractivity contribution in [2.24, 2.45) is 0 Å². The molecule has 0 spiro atoms. The van der Waals surface area contributed by atoms with Crippen LogP contribution in [0, 0.1) is 0 Å². The molecule has 1 amide bonds. The zero-order chi connectivity index (χ0) is 15.8. The van der Waals surface area contributed by atoms with Crippen LogP contribution in [0.15, 0.2) is 0 Å². The van der Waals surface area contributed by atoms with Crippen LogP contribution in [0.4, 0.5) is 0 Å². The molecule has 0 aromatic carbocycles. The van der Waals surface area contributed by atoms with Crippen LogP contribution in [-0.4, -0.2) is 90.0 Å². The van der Waals surface area contributed by atoms with Crippen LogP contribution in [-0.2, 0) is 19.0 Å². The van der Waals surface area contributed by atoms with Gasteiger partial charge in [0.2, 0.25) is 5.91 Å². The van der Waals surface area contributed by atoms with E-state index in [0.29, 0.717) is 13.2 Å². The predicted molar refractivity (Wildman–Crippen MR) is 69.2 cm³/mol. The van der Waals surface area contributed by atoms with E-state index in [-0.39, 0.29) is 19.1 Å². The lowest BCUT2D eigenvalue weighted by Crippen LogP contribution is -2.59. The van der Waals surface area contributed by atoms with Crippen LogP contribution in [0.1, 0.15) is 6.92 Å². The standard InChI is InChI=1S/C12H23NO8/c1-7(15)13-2-3-19-4-5-20-12-11(18)10(17)9(16)8(6-14)21-12/h8-12,14,16-18H,2-6H2,1H3,(H,13,15)/t8-,9-,10+,11+,12+/m1/s1. The van der Waals surface area contributed by atoms with Gasteiger partial charge in [-0.2, -0.15) is 0 Å². The second kappa shape index (κ2) is 9.26. The maximum atomic E-state index is 10.6. The quantitative estimate of drug-likeness (QED) is 0.298.